The van der Waals surface area contributed by atoms with E-state index in [4.69, 9.17) is 0 Å². The fraction of sp³-hybridized carbons (Fsp3) is 0.0556. The first-order valence-electron chi connectivity index (χ1n) is 7.23. The molecule has 0 radical (unpaired) electrons. The Kier molecular flexibility index (Phi) is 3.91. The van der Waals surface area contributed by atoms with Gasteiger partial charge in [0.1, 0.15) is 5.65 Å². The molecule has 0 saturated carbocycles. The summed E-state index contributed by atoms with van der Waals surface area (Å²) in [5.74, 6) is 0. The molecule has 0 aliphatic rings. The number of aliphatic hydroxyl groups is 1. The highest BCUT2D eigenvalue weighted by atomic mass is 32.2. The van der Waals surface area contributed by atoms with Crippen LogP contribution in [0.3, 0.4) is 0 Å². The summed E-state index contributed by atoms with van der Waals surface area (Å²) in [6.07, 6.45) is 3.83. The van der Waals surface area contributed by atoms with Crippen molar-refractivity contribution in [1.29, 1.82) is 0 Å². The third-order valence-corrected chi connectivity index (χ3v) is 5.74. The summed E-state index contributed by atoms with van der Waals surface area (Å²) in [6.45, 7) is 0.0476. The largest absolute Gasteiger partial charge is 0.392 e. The van der Waals surface area contributed by atoms with Crippen LogP contribution in [-0.2, 0) is 6.61 Å². The Morgan fingerprint density at radius 2 is 2.13 bits per heavy atom. The quantitative estimate of drug-likeness (QED) is 0.554. The molecule has 0 saturated heterocycles. The van der Waals surface area contributed by atoms with Gasteiger partial charge in [-0.1, -0.05) is 36.0 Å². The van der Waals surface area contributed by atoms with Crippen LogP contribution in [0.1, 0.15) is 5.56 Å². The van der Waals surface area contributed by atoms with E-state index in [0.29, 0.717) is 0 Å². The van der Waals surface area contributed by atoms with Gasteiger partial charge in [0, 0.05) is 22.7 Å². The SMILES string of the molecule is OCc1cccc(-c2ccnc3[nH]cc(Sc4cccs4)c23)c1. The lowest BCUT2D eigenvalue weighted by Gasteiger charge is -2.07. The number of nitrogens with zero attached hydrogens (tertiary/aromatic N) is 1. The van der Waals surface area contributed by atoms with Crippen LogP contribution in [0, 0.1) is 0 Å². The topological polar surface area (TPSA) is 48.9 Å². The lowest BCUT2D eigenvalue weighted by molar-refractivity contribution is 0.282. The average Bonchev–Trinajstić information content (AvgIpc) is 3.25. The van der Waals surface area contributed by atoms with Crippen molar-refractivity contribution in [3.63, 3.8) is 0 Å². The van der Waals surface area contributed by atoms with E-state index in [1.54, 1.807) is 23.1 Å². The summed E-state index contributed by atoms with van der Waals surface area (Å²) >= 11 is 3.48. The molecule has 0 aliphatic carbocycles. The van der Waals surface area contributed by atoms with E-state index in [2.05, 4.69) is 33.5 Å². The number of pyridine rings is 1. The monoisotopic (exact) mass is 338 g/mol. The molecule has 0 atom stereocenters. The van der Waals surface area contributed by atoms with Gasteiger partial charge in [-0.15, -0.1) is 11.3 Å². The highest BCUT2D eigenvalue weighted by Gasteiger charge is 2.13. The fourth-order valence-electron chi connectivity index (χ4n) is 2.61. The number of hydrogen-bond acceptors (Lipinski definition) is 4. The number of nitrogens with one attached hydrogen (secondary N) is 1. The van der Waals surface area contributed by atoms with Crippen LogP contribution < -0.4 is 0 Å². The Balaban J connectivity index is 1.87. The molecule has 0 aliphatic heterocycles. The molecule has 3 heterocycles. The van der Waals surface area contributed by atoms with Gasteiger partial charge in [-0.25, -0.2) is 4.98 Å². The first kappa shape index (κ1) is 14.5. The van der Waals surface area contributed by atoms with Crippen LogP contribution in [-0.4, -0.2) is 15.1 Å². The molecule has 0 bridgehead atoms. The highest BCUT2D eigenvalue weighted by Crippen LogP contribution is 2.39. The molecule has 0 fully saturated rings. The van der Waals surface area contributed by atoms with Crippen LogP contribution >= 0.6 is 23.1 Å². The first-order chi connectivity index (χ1) is 11.3. The van der Waals surface area contributed by atoms with E-state index in [-0.39, 0.29) is 6.61 Å². The highest BCUT2D eigenvalue weighted by molar-refractivity contribution is 8.01. The molecular weight excluding hydrogens is 324 g/mol. The fourth-order valence-corrected chi connectivity index (χ4v) is 4.48. The molecule has 3 aromatic heterocycles. The zero-order valence-corrected chi connectivity index (χ0v) is 13.8. The summed E-state index contributed by atoms with van der Waals surface area (Å²) in [7, 11) is 0. The molecule has 4 aromatic rings. The van der Waals surface area contributed by atoms with Crippen molar-refractivity contribution in [3.8, 4) is 11.1 Å². The minimum absolute atomic E-state index is 0.0476. The van der Waals surface area contributed by atoms with Gasteiger partial charge in [-0.3, -0.25) is 0 Å². The number of aromatic amines is 1. The van der Waals surface area contributed by atoms with Crippen LogP contribution in [0.15, 0.2) is 69.3 Å². The van der Waals surface area contributed by atoms with Crippen LogP contribution in [0.5, 0.6) is 0 Å². The second kappa shape index (κ2) is 6.20. The first-order valence-corrected chi connectivity index (χ1v) is 8.92. The molecule has 1 aromatic carbocycles. The van der Waals surface area contributed by atoms with Gasteiger partial charge >= 0.3 is 0 Å². The van der Waals surface area contributed by atoms with E-state index in [1.165, 1.54) is 9.10 Å². The number of aliphatic hydroxyl groups excluding tert-OH is 1. The lowest BCUT2D eigenvalue weighted by Crippen LogP contribution is -1.87. The van der Waals surface area contributed by atoms with E-state index in [1.807, 2.05) is 36.7 Å². The number of rotatable bonds is 4. The predicted molar refractivity (Wildman–Crippen MR) is 95.9 cm³/mol. The van der Waals surface area contributed by atoms with E-state index in [0.717, 1.165) is 27.7 Å². The molecule has 3 nitrogen and oxygen atoms in total. The Morgan fingerprint density at radius 3 is 2.96 bits per heavy atom. The minimum Gasteiger partial charge on any atom is -0.392 e. The summed E-state index contributed by atoms with van der Waals surface area (Å²) in [5.41, 5.74) is 4.02. The Bertz CT molecular complexity index is 945. The molecule has 0 spiro atoms. The third kappa shape index (κ3) is 2.79. The molecule has 0 unspecified atom stereocenters. The normalized spacial score (nSPS) is 11.2. The second-order valence-corrected chi connectivity index (χ2v) is 7.42. The zero-order chi connectivity index (χ0) is 15.6. The van der Waals surface area contributed by atoms with Gasteiger partial charge < -0.3 is 10.1 Å². The summed E-state index contributed by atoms with van der Waals surface area (Å²) in [4.78, 5) is 8.87. The lowest BCUT2D eigenvalue weighted by atomic mass is 10.0. The molecule has 2 N–H and O–H groups in total. The molecular formula is C18H14N2OS2. The number of benzene rings is 1. The van der Waals surface area contributed by atoms with Crippen molar-refractivity contribution >= 4 is 34.1 Å². The van der Waals surface area contributed by atoms with Crippen LogP contribution in [0.25, 0.3) is 22.2 Å². The Morgan fingerprint density at radius 1 is 1.17 bits per heavy atom. The number of thiophene rings is 1. The van der Waals surface area contributed by atoms with Gasteiger partial charge in [0.25, 0.3) is 0 Å². The molecule has 23 heavy (non-hydrogen) atoms. The van der Waals surface area contributed by atoms with Crippen LogP contribution in [0.4, 0.5) is 0 Å². The summed E-state index contributed by atoms with van der Waals surface area (Å²) in [6, 6.07) is 14.2. The van der Waals surface area contributed by atoms with Crippen LogP contribution in [0.2, 0.25) is 0 Å². The van der Waals surface area contributed by atoms with E-state index < -0.39 is 0 Å². The van der Waals surface area contributed by atoms with Crippen molar-refractivity contribution in [2.75, 3.05) is 0 Å². The molecule has 5 heteroatoms. The second-order valence-electron chi connectivity index (χ2n) is 5.13. The molecule has 4 rings (SSSR count). The maximum absolute atomic E-state index is 9.39. The summed E-state index contributed by atoms with van der Waals surface area (Å²) < 4.78 is 1.25. The Hall–Kier alpha value is -2.08. The van der Waals surface area contributed by atoms with Gasteiger partial charge in [0.15, 0.2) is 0 Å². The number of H-pyrrole nitrogens is 1. The number of fused-ring (bicyclic) bond motifs is 1. The minimum atomic E-state index is 0.0476. The predicted octanol–water partition coefficient (Wildman–Crippen LogP) is 4.93. The van der Waals surface area contributed by atoms with Crippen molar-refractivity contribution in [1.82, 2.24) is 9.97 Å². The zero-order valence-electron chi connectivity index (χ0n) is 12.2. The number of hydrogen-bond donors (Lipinski definition) is 2. The maximum atomic E-state index is 9.39. The van der Waals surface area contributed by atoms with Crippen molar-refractivity contribution < 1.29 is 5.11 Å². The van der Waals surface area contributed by atoms with Crippen molar-refractivity contribution in [3.05, 3.63) is 65.8 Å². The maximum Gasteiger partial charge on any atom is 0.139 e. The third-order valence-electron chi connectivity index (χ3n) is 3.66. The van der Waals surface area contributed by atoms with Crippen molar-refractivity contribution in [2.24, 2.45) is 0 Å². The Labute approximate surface area is 142 Å². The molecule has 0 amide bonds. The van der Waals surface area contributed by atoms with Crippen molar-refractivity contribution in [2.45, 2.75) is 15.7 Å². The van der Waals surface area contributed by atoms with Gasteiger partial charge in [-0.05, 0) is 40.3 Å². The van der Waals surface area contributed by atoms with E-state index in [9.17, 15) is 5.11 Å². The van der Waals surface area contributed by atoms with Gasteiger partial charge in [-0.2, -0.15) is 0 Å². The smallest absolute Gasteiger partial charge is 0.139 e. The van der Waals surface area contributed by atoms with E-state index >= 15 is 0 Å². The standard InChI is InChI=1S/C18H14N2OS2/c21-11-12-3-1-4-13(9-12)14-6-7-19-18-17(14)15(10-20-18)23-16-5-2-8-22-16/h1-10,21H,11H2,(H,19,20). The van der Waals surface area contributed by atoms with Gasteiger partial charge in [0.05, 0.1) is 10.8 Å². The van der Waals surface area contributed by atoms with Gasteiger partial charge in [0.2, 0.25) is 0 Å². The summed E-state index contributed by atoms with van der Waals surface area (Å²) in [5, 5.41) is 12.6. The number of aromatic nitrogens is 2. The molecule has 114 valence electrons. The average molecular weight is 338 g/mol.